The average molecular weight is 333 g/mol. The molecule has 0 saturated heterocycles. The molecule has 1 amide bonds. The van der Waals surface area contributed by atoms with Crippen LogP contribution in [0.15, 0.2) is 46.9 Å². The summed E-state index contributed by atoms with van der Waals surface area (Å²) in [5, 5.41) is 8.35. The van der Waals surface area contributed by atoms with E-state index in [1.807, 2.05) is 36.6 Å². The fourth-order valence-corrected chi connectivity index (χ4v) is 2.34. The van der Waals surface area contributed by atoms with Crippen molar-refractivity contribution in [3.8, 4) is 5.75 Å². The van der Waals surface area contributed by atoms with Gasteiger partial charge in [-0.05, 0) is 30.0 Å². The first kappa shape index (κ1) is 16.8. The second-order valence-electron chi connectivity index (χ2n) is 4.62. The van der Waals surface area contributed by atoms with Crippen LogP contribution in [0.2, 0.25) is 0 Å². The number of amides is 1. The number of nitrogens with one attached hydrogen (secondary N) is 1. The van der Waals surface area contributed by atoms with E-state index < -0.39 is 0 Å². The minimum Gasteiger partial charge on any atom is -0.491 e. The maximum Gasteiger partial charge on any atom is 0.265 e. The number of benzene rings is 1. The van der Waals surface area contributed by atoms with Gasteiger partial charge in [-0.1, -0.05) is 30.3 Å². The number of nitrogens with two attached hydrogens (primary N) is 1. The number of thiophene rings is 1. The highest BCUT2D eigenvalue weighted by atomic mass is 32.1. The summed E-state index contributed by atoms with van der Waals surface area (Å²) in [7, 11) is 0. The van der Waals surface area contributed by atoms with Crippen molar-refractivity contribution in [2.45, 2.75) is 13.3 Å². The molecule has 6 nitrogen and oxygen atoms in total. The Morgan fingerprint density at radius 3 is 2.87 bits per heavy atom. The number of hydrogen-bond acceptors (Lipinski definition) is 5. The summed E-state index contributed by atoms with van der Waals surface area (Å²) >= 11 is 1.45. The third-order valence-corrected chi connectivity index (χ3v) is 3.65. The Hall–Kier alpha value is -2.54. The molecule has 7 heteroatoms. The van der Waals surface area contributed by atoms with Crippen molar-refractivity contribution in [3.63, 3.8) is 0 Å². The van der Waals surface area contributed by atoms with E-state index in [0.29, 0.717) is 18.0 Å². The van der Waals surface area contributed by atoms with E-state index >= 15 is 0 Å². The minimum absolute atomic E-state index is 0.228. The lowest BCUT2D eigenvalue weighted by molar-refractivity contribution is -0.120. The summed E-state index contributed by atoms with van der Waals surface area (Å²) in [6, 6.07) is 10.9. The van der Waals surface area contributed by atoms with Crippen molar-refractivity contribution >= 4 is 28.8 Å². The third kappa shape index (κ3) is 5.30. The van der Waals surface area contributed by atoms with Gasteiger partial charge in [0.15, 0.2) is 12.4 Å². The molecule has 0 unspecified atom stereocenters. The van der Waals surface area contributed by atoms with Crippen LogP contribution < -0.4 is 15.8 Å². The Kier molecular flexibility index (Phi) is 6.43. The van der Waals surface area contributed by atoms with Gasteiger partial charge in [-0.3, -0.25) is 4.79 Å². The number of anilines is 1. The summed E-state index contributed by atoms with van der Waals surface area (Å²) in [6.07, 6.45) is 0.891. The second-order valence-corrected chi connectivity index (χ2v) is 5.57. The van der Waals surface area contributed by atoms with Crippen LogP contribution in [0, 0.1) is 0 Å². The molecule has 0 bridgehead atoms. The number of carbonyl (C=O) groups excluding carboxylic acids is 1. The van der Waals surface area contributed by atoms with Gasteiger partial charge in [0.25, 0.3) is 5.91 Å². The molecule has 0 aliphatic heterocycles. The molecule has 0 radical (unpaired) electrons. The second kappa shape index (κ2) is 8.79. The van der Waals surface area contributed by atoms with Crippen molar-refractivity contribution < 1.29 is 14.4 Å². The van der Waals surface area contributed by atoms with Crippen molar-refractivity contribution in [2.24, 2.45) is 10.9 Å². The van der Waals surface area contributed by atoms with Gasteiger partial charge in [0.1, 0.15) is 5.75 Å². The van der Waals surface area contributed by atoms with Crippen molar-refractivity contribution in [1.29, 1.82) is 0 Å². The van der Waals surface area contributed by atoms with Gasteiger partial charge in [0.2, 0.25) is 0 Å². The van der Waals surface area contributed by atoms with Gasteiger partial charge in [-0.25, -0.2) is 0 Å². The maximum atomic E-state index is 11.9. The molecule has 0 saturated carbocycles. The number of nitrogens with zero attached hydrogens (tertiary/aromatic N) is 1. The lowest BCUT2D eigenvalue weighted by Gasteiger charge is -2.11. The molecule has 0 fully saturated rings. The molecule has 0 spiro atoms. The fourth-order valence-electron chi connectivity index (χ4n) is 1.72. The van der Waals surface area contributed by atoms with Crippen LogP contribution in [0.4, 0.5) is 5.69 Å². The van der Waals surface area contributed by atoms with E-state index in [9.17, 15) is 4.79 Å². The molecule has 1 heterocycles. The Morgan fingerprint density at radius 1 is 1.30 bits per heavy atom. The molecule has 1 aromatic carbocycles. The standard InChI is InChI=1S/C16H19N3O3S/c1-2-9-21-13-7-4-3-6-12(13)18-15(20)11-22-19-16(17)14-8-5-10-23-14/h3-8,10H,2,9,11H2,1H3,(H2,17,19)(H,18,20). The fraction of sp³-hybridized carbons (Fsp3) is 0.250. The van der Waals surface area contributed by atoms with Gasteiger partial charge in [0, 0.05) is 0 Å². The van der Waals surface area contributed by atoms with E-state index in [2.05, 4.69) is 10.5 Å². The topological polar surface area (TPSA) is 85.9 Å². The van der Waals surface area contributed by atoms with Crippen LogP contribution in [-0.2, 0) is 9.63 Å². The first-order valence-electron chi connectivity index (χ1n) is 7.21. The Bertz CT molecular complexity index is 656. The number of oxime groups is 1. The minimum atomic E-state index is -0.333. The highest BCUT2D eigenvalue weighted by Gasteiger charge is 2.08. The van der Waals surface area contributed by atoms with Gasteiger partial charge in [-0.2, -0.15) is 0 Å². The van der Waals surface area contributed by atoms with Crippen LogP contribution in [0.1, 0.15) is 18.2 Å². The van der Waals surface area contributed by atoms with Gasteiger partial charge in [0.05, 0.1) is 17.2 Å². The van der Waals surface area contributed by atoms with Crippen LogP contribution in [0.3, 0.4) is 0 Å². The molecule has 0 atom stereocenters. The van der Waals surface area contributed by atoms with Gasteiger partial charge >= 0.3 is 0 Å². The predicted octanol–water partition coefficient (Wildman–Crippen LogP) is 2.81. The van der Waals surface area contributed by atoms with Crippen LogP contribution in [0.25, 0.3) is 0 Å². The summed E-state index contributed by atoms with van der Waals surface area (Å²) in [4.78, 5) is 17.7. The van der Waals surface area contributed by atoms with Crippen LogP contribution in [-0.4, -0.2) is 25.0 Å². The van der Waals surface area contributed by atoms with Crippen molar-refractivity contribution in [1.82, 2.24) is 0 Å². The summed E-state index contributed by atoms with van der Waals surface area (Å²) in [6.45, 7) is 2.38. The first-order valence-corrected chi connectivity index (χ1v) is 8.09. The van der Waals surface area contributed by atoms with E-state index in [0.717, 1.165) is 11.3 Å². The zero-order valence-corrected chi connectivity index (χ0v) is 13.6. The largest absolute Gasteiger partial charge is 0.491 e. The Morgan fingerprint density at radius 2 is 2.13 bits per heavy atom. The molecule has 2 rings (SSSR count). The SMILES string of the molecule is CCCOc1ccccc1NC(=O)CO/N=C(\N)c1cccs1. The number of para-hydroxylation sites is 2. The summed E-state index contributed by atoms with van der Waals surface area (Å²) in [5.41, 5.74) is 6.34. The normalized spacial score (nSPS) is 11.1. The maximum absolute atomic E-state index is 11.9. The zero-order chi connectivity index (χ0) is 16.5. The monoisotopic (exact) mass is 333 g/mol. The number of rotatable bonds is 8. The average Bonchev–Trinajstić information content (AvgIpc) is 3.08. The molecule has 0 aliphatic rings. The Labute approximate surface area is 138 Å². The van der Waals surface area contributed by atoms with Crippen molar-refractivity contribution in [3.05, 3.63) is 46.7 Å². The van der Waals surface area contributed by atoms with E-state index in [1.54, 1.807) is 12.1 Å². The van der Waals surface area contributed by atoms with Gasteiger partial charge in [-0.15, -0.1) is 11.3 Å². The van der Waals surface area contributed by atoms with E-state index in [-0.39, 0.29) is 18.3 Å². The summed E-state index contributed by atoms with van der Waals surface area (Å²) < 4.78 is 5.58. The molecule has 23 heavy (non-hydrogen) atoms. The van der Waals surface area contributed by atoms with Crippen molar-refractivity contribution in [2.75, 3.05) is 18.5 Å². The van der Waals surface area contributed by atoms with E-state index in [1.165, 1.54) is 11.3 Å². The first-order chi connectivity index (χ1) is 11.2. The highest BCUT2D eigenvalue weighted by Crippen LogP contribution is 2.23. The molecular formula is C16H19N3O3S. The molecule has 1 aromatic heterocycles. The van der Waals surface area contributed by atoms with Crippen LogP contribution in [0.5, 0.6) is 5.75 Å². The van der Waals surface area contributed by atoms with Gasteiger partial charge < -0.3 is 20.6 Å². The number of carbonyl (C=O) groups is 1. The lowest BCUT2D eigenvalue weighted by Crippen LogP contribution is -2.19. The predicted molar refractivity (Wildman–Crippen MR) is 91.9 cm³/mol. The zero-order valence-electron chi connectivity index (χ0n) is 12.8. The summed E-state index contributed by atoms with van der Waals surface area (Å²) in [5.74, 6) is 0.545. The highest BCUT2D eigenvalue weighted by molar-refractivity contribution is 7.12. The number of amidine groups is 1. The van der Waals surface area contributed by atoms with Crippen LogP contribution >= 0.6 is 11.3 Å². The lowest BCUT2D eigenvalue weighted by atomic mass is 10.3. The molecule has 122 valence electrons. The molecule has 0 aliphatic carbocycles. The molecule has 2 aromatic rings. The molecular weight excluding hydrogens is 314 g/mol. The molecule has 3 N–H and O–H groups in total. The Balaban J connectivity index is 1.86. The number of hydrogen-bond donors (Lipinski definition) is 2. The smallest absolute Gasteiger partial charge is 0.265 e. The quantitative estimate of drug-likeness (QED) is 0.442. The number of ether oxygens (including phenoxy) is 1. The third-order valence-electron chi connectivity index (χ3n) is 2.76. The van der Waals surface area contributed by atoms with E-state index in [4.69, 9.17) is 15.3 Å².